The number of halogens is 1. The molecule has 7 heteroatoms. The molecule has 0 aliphatic heterocycles. The van der Waals surface area contributed by atoms with Crippen molar-refractivity contribution < 1.29 is 19.5 Å². The van der Waals surface area contributed by atoms with Crippen LogP contribution in [0.2, 0.25) is 5.02 Å². The molecule has 1 atom stereocenters. The maximum atomic E-state index is 11.7. The predicted octanol–water partition coefficient (Wildman–Crippen LogP) is 1.19. The van der Waals surface area contributed by atoms with E-state index in [-0.39, 0.29) is 12.8 Å². The van der Waals surface area contributed by atoms with Gasteiger partial charge in [0, 0.05) is 17.5 Å². The molecule has 0 saturated carbocycles. The van der Waals surface area contributed by atoms with E-state index in [1.165, 1.54) is 12.2 Å². The van der Waals surface area contributed by atoms with Crippen LogP contribution < -0.4 is 11.1 Å². The van der Waals surface area contributed by atoms with Crippen molar-refractivity contribution in [2.45, 2.75) is 18.9 Å². The first-order valence-corrected chi connectivity index (χ1v) is 6.52. The molecule has 6 nitrogen and oxygen atoms in total. The summed E-state index contributed by atoms with van der Waals surface area (Å²) in [6.45, 7) is 0. The molecule has 0 unspecified atom stereocenters. The zero-order valence-electron chi connectivity index (χ0n) is 11.1. The first-order valence-electron chi connectivity index (χ1n) is 6.14. The summed E-state index contributed by atoms with van der Waals surface area (Å²) >= 11 is 5.92. The second-order valence-corrected chi connectivity index (χ2v) is 4.67. The molecule has 112 valence electrons. The number of rotatable bonds is 7. The highest BCUT2D eigenvalue weighted by molar-refractivity contribution is 6.32. The molecule has 0 spiro atoms. The van der Waals surface area contributed by atoms with Crippen LogP contribution in [0.5, 0.6) is 0 Å². The standard InChI is InChI=1S/C14H15ClN2O4/c15-10-4-2-1-3-9(10)5-8-13(19)17-11(14(20)21)6-7-12(16)18/h1-5,8,11H,6-7H2,(H2,16,18)(H,17,19)(H,20,21)/b8-5+/t11-/m1/s1. The number of nitrogens with one attached hydrogen (secondary N) is 1. The second-order valence-electron chi connectivity index (χ2n) is 4.26. The van der Waals surface area contributed by atoms with Crippen molar-refractivity contribution in [1.29, 1.82) is 0 Å². The Bertz CT molecular complexity index is 572. The maximum Gasteiger partial charge on any atom is 0.326 e. The summed E-state index contributed by atoms with van der Waals surface area (Å²) in [6.07, 6.45) is 2.48. The fraction of sp³-hybridized carbons (Fsp3) is 0.214. The summed E-state index contributed by atoms with van der Waals surface area (Å²) in [5.74, 6) is -2.44. The average molecular weight is 311 g/mol. The highest BCUT2D eigenvalue weighted by atomic mass is 35.5. The number of aliphatic carboxylic acids is 1. The lowest BCUT2D eigenvalue weighted by atomic mass is 10.1. The van der Waals surface area contributed by atoms with Crippen LogP contribution in [-0.2, 0) is 14.4 Å². The molecule has 0 aliphatic rings. The van der Waals surface area contributed by atoms with Gasteiger partial charge >= 0.3 is 5.97 Å². The third-order valence-electron chi connectivity index (χ3n) is 2.61. The van der Waals surface area contributed by atoms with Crippen molar-refractivity contribution in [3.8, 4) is 0 Å². The molecule has 1 aromatic rings. The highest BCUT2D eigenvalue weighted by Gasteiger charge is 2.19. The van der Waals surface area contributed by atoms with Crippen LogP contribution >= 0.6 is 11.6 Å². The van der Waals surface area contributed by atoms with Gasteiger partial charge in [-0.2, -0.15) is 0 Å². The van der Waals surface area contributed by atoms with Crippen LogP contribution in [0.15, 0.2) is 30.3 Å². The van der Waals surface area contributed by atoms with Crippen molar-refractivity contribution in [2.24, 2.45) is 5.73 Å². The minimum absolute atomic E-state index is 0.0592. The molecule has 0 aromatic heterocycles. The Morgan fingerprint density at radius 2 is 2.00 bits per heavy atom. The number of primary amides is 1. The van der Waals surface area contributed by atoms with Crippen molar-refractivity contribution >= 4 is 35.5 Å². The number of carboxylic acids is 1. The lowest BCUT2D eigenvalue weighted by Gasteiger charge is -2.11. The number of amides is 2. The summed E-state index contributed by atoms with van der Waals surface area (Å²) in [7, 11) is 0. The smallest absolute Gasteiger partial charge is 0.326 e. The van der Waals surface area contributed by atoms with Gasteiger partial charge in [0.2, 0.25) is 11.8 Å². The Kier molecular flexibility index (Phi) is 6.42. The van der Waals surface area contributed by atoms with E-state index in [4.69, 9.17) is 22.4 Å². The first-order chi connectivity index (χ1) is 9.90. The van der Waals surface area contributed by atoms with Crippen LogP contribution in [0.3, 0.4) is 0 Å². The van der Waals surface area contributed by atoms with Gasteiger partial charge in [0.15, 0.2) is 0 Å². The lowest BCUT2D eigenvalue weighted by Crippen LogP contribution is -2.40. The van der Waals surface area contributed by atoms with Crippen molar-refractivity contribution in [2.75, 3.05) is 0 Å². The maximum absolute atomic E-state index is 11.7. The van der Waals surface area contributed by atoms with Gasteiger partial charge < -0.3 is 16.2 Å². The van der Waals surface area contributed by atoms with E-state index >= 15 is 0 Å². The lowest BCUT2D eigenvalue weighted by molar-refractivity contribution is -0.141. The van der Waals surface area contributed by atoms with Gasteiger partial charge in [0.1, 0.15) is 6.04 Å². The van der Waals surface area contributed by atoms with Gasteiger partial charge in [-0.1, -0.05) is 29.8 Å². The molecule has 1 aromatic carbocycles. The van der Waals surface area contributed by atoms with Crippen molar-refractivity contribution in [3.05, 3.63) is 40.9 Å². The molecule has 0 bridgehead atoms. The minimum Gasteiger partial charge on any atom is -0.480 e. The molecule has 2 amide bonds. The molecule has 0 radical (unpaired) electrons. The van der Waals surface area contributed by atoms with E-state index in [9.17, 15) is 14.4 Å². The summed E-state index contributed by atoms with van der Waals surface area (Å²) in [5.41, 5.74) is 5.59. The second kappa shape index (κ2) is 8.06. The third-order valence-corrected chi connectivity index (χ3v) is 2.96. The van der Waals surface area contributed by atoms with Crippen LogP contribution in [0.25, 0.3) is 6.08 Å². The van der Waals surface area contributed by atoms with Crippen molar-refractivity contribution in [3.63, 3.8) is 0 Å². The number of carbonyl (C=O) groups excluding carboxylic acids is 2. The van der Waals surface area contributed by atoms with Crippen LogP contribution in [0.1, 0.15) is 18.4 Å². The summed E-state index contributed by atoms with van der Waals surface area (Å²) in [4.78, 5) is 33.3. The van der Waals surface area contributed by atoms with E-state index in [0.717, 1.165) is 0 Å². The molecule has 21 heavy (non-hydrogen) atoms. The number of hydrogen-bond acceptors (Lipinski definition) is 3. The van der Waals surface area contributed by atoms with E-state index < -0.39 is 23.8 Å². The SMILES string of the molecule is NC(=O)CC[C@@H](NC(=O)/C=C/c1ccccc1Cl)C(=O)O. The predicted molar refractivity (Wildman–Crippen MR) is 78.5 cm³/mol. The van der Waals surface area contributed by atoms with E-state index in [2.05, 4.69) is 5.32 Å². The Morgan fingerprint density at radius 3 is 2.57 bits per heavy atom. The number of benzene rings is 1. The van der Waals surface area contributed by atoms with Gasteiger partial charge in [-0.15, -0.1) is 0 Å². The zero-order valence-corrected chi connectivity index (χ0v) is 11.8. The zero-order chi connectivity index (χ0) is 15.8. The van der Waals surface area contributed by atoms with E-state index in [0.29, 0.717) is 10.6 Å². The first kappa shape index (κ1) is 16.7. The van der Waals surface area contributed by atoms with Gasteiger partial charge in [0.05, 0.1) is 0 Å². The third kappa shape index (κ3) is 6.09. The highest BCUT2D eigenvalue weighted by Crippen LogP contribution is 2.16. The number of carbonyl (C=O) groups is 3. The van der Waals surface area contributed by atoms with E-state index in [1.54, 1.807) is 24.3 Å². The average Bonchev–Trinajstić information content (AvgIpc) is 2.42. The largest absolute Gasteiger partial charge is 0.480 e. The Hall–Kier alpha value is -2.34. The molecular formula is C14H15ClN2O4. The fourth-order valence-electron chi connectivity index (χ4n) is 1.54. The summed E-state index contributed by atoms with van der Waals surface area (Å²) in [6, 6.07) is 5.74. The van der Waals surface area contributed by atoms with E-state index in [1.807, 2.05) is 0 Å². The molecule has 0 heterocycles. The fourth-order valence-corrected chi connectivity index (χ4v) is 1.74. The molecule has 0 aliphatic carbocycles. The summed E-state index contributed by atoms with van der Waals surface area (Å²) < 4.78 is 0. The van der Waals surface area contributed by atoms with Gasteiger partial charge in [-0.05, 0) is 24.1 Å². The number of nitrogens with two attached hydrogens (primary N) is 1. The van der Waals surface area contributed by atoms with Crippen LogP contribution in [-0.4, -0.2) is 28.9 Å². The number of hydrogen-bond donors (Lipinski definition) is 3. The minimum atomic E-state index is -1.23. The van der Waals surface area contributed by atoms with Crippen molar-refractivity contribution in [1.82, 2.24) is 5.32 Å². The Morgan fingerprint density at radius 1 is 1.33 bits per heavy atom. The Labute approximate surface area is 126 Å². The number of carboxylic acid groups (broad SMARTS) is 1. The quantitative estimate of drug-likeness (QED) is 0.657. The molecule has 0 fully saturated rings. The monoisotopic (exact) mass is 310 g/mol. The molecular weight excluding hydrogens is 296 g/mol. The van der Waals surface area contributed by atoms with Crippen LogP contribution in [0.4, 0.5) is 0 Å². The van der Waals surface area contributed by atoms with Gasteiger partial charge in [-0.25, -0.2) is 4.79 Å². The van der Waals surface area contributed by atoms with Gasteiger partial charge in [0.25, 0.3) is 0 Å². The molecule has 4 N–H and O–H groups in total. The summed E-state index contributed by atoms with van der Waals surface area (Å²) in [5, 5.41) is 11.7. The normalized spacial score (nSPS) is 12.0. The topological polar surface area (TPSA) is 109 Å². The Balaban J connectivity index is 2.64. The molecule has 0 saturated heterocycles. The molecule has 1 rings (SSSR count). The van der Waals surface area contributed by atoms with Gasteiger partial charge in [-0.3, -0.25) is 9.59 Å². The van der Waals surface area contributed by atoms with Crippen LogP contribution in [0, 0.1) is 0 Å².